The molecule has 0 amide bonds. The Morgan fingerprint density at radius 3 is 3.00 bits per heavy atom. The molecular formula is C14H15N7O3. The van der Waals surface area contributed by atoms with E-state index < -0.39 is 11.2 Å². The molecule has 0 radical (unpaired) electrons. The van der Waals surface area contributed by atoms with Crippen molar-refractivity contribution >= 4 is 23.3 Å². The van der Waals surface area contributed by atoms with Crippen molar-refractivity contribution in [3.63, 3.8) is 0 Å². The zero-order valence-electron chi connectivity index (χ0n) is 12.8. The Morgan fingerprint density at radius 2 is 2.29 bits per heavy atom. The Bertz CT molecular complexity index is 1000. The molecule has 3 N–H and O–H groups in total. The normalized spacial score (nSPS) is 11.4. The molecule has 0 atom stereocenters. The van der Waals surface area contributed by atoms with Crippen LogP contribution in [0.15, 0.2) is 39.2 Å². The first-order valence-electron chi connectivity index (χ1n) is 7.11. The van der Waals surface area contributed by atoms with Crippen LogP contribution in [-0.2, 0) is 13.6 Å². The molecular weight excluding hydrogens is 314 g/mol. The van der Waals surface area contributed by atoms with E-state index in [0.717, 1.165) is 5.56 Å². The van der Waals surface area contributed by atoms with Crippen LogP contribution in [0.5, 0.6) is 0 Å². The minimum absolute atomic E-state index is 0.128. The molecule has 3 heterocycles. The highest BCUT2D eigenvalue weighted by molar-refractivity contribution is 5.80. The zero-order chi connectivity index (χ0) is 17.1. The van der Waals surface area contributed by atoms with Gasteiger partial charge in [0, 0.05) is 31.5 Å². The molecule has 0 spiro atoms. The highest BCUT2D eigenvalue weighted by Gasteiger charge is 2.16. The lowest BCUT2D eigenvalue weighted by Gasteiger charge is -2.05. The third kappa shape index (κ3) is 2.82. The van der Waals surface area contributed by atoms with Crippen LogP contribution in [0.4, 0.5) is 5.95 Å². The summed E-state index contributed by atoms with van der Waals surface area (Å²) in [7, 11) is 1.50. The summed E-state index contributed by atoms with van der Waals surface area (Å²) in [6.45, 7) is -0.0722. The van der Waals surface area contributed by atoms with Crippen LogP contribution in [0, 0.1) is 0 Å². The molecule has 124 valence electrons. The summed E-state index contributed by atoms with van der Waals surface area (Å²) in [5.41, 5.74) is 2.76. The van der Waals surface area contributed by atoms with Gasteiger partial charge in [0.15, 0.2) is 11.2 Å². The van der Waals surface area contributed by atoms with E-state index >= 15 is 0 Å². The summed E-state index contributed by atoms with van der Waals surface area (Å²) in [5.74, 6) is 0.242. The number of nitrogens with zero attached hydrogens (tertiary/aromatic N) is 5. The lowest BCUT2D eigenvalue weighted by molar-refractivity contribution is 0.278. The minimum atomic E-state index is -0.571. The van der Waals surface area contributed by atoms with E-state index in [-0.39, 0.29) is 30.3 Å². The number of aromatic nitrogens is 5. The van der Waals surface area contributed by atoms with Crippen molar-refractivity contribution in [1.29, 1.82) is 0 Å². The average molecular weight is 329 g/mol. The highest BCUT2D eigenvalue weighted by atomic mass is 16.3. The summed E-state index contributed by atoms with van der Waals surface area (Å²) in [5, 5.41) is 13.3. The summed E-state index contributed by atoms with van der Waals surface area (Å²) in [6, 6.07) is 3.60. The number of anilines is 1. The van der Waals surface area contributed by atoms with Gasteiger partial charge in [0.2, 0.25) is 5.95 Å². The molecule has 24 heavy (non-hydrogen) atoms. The number of hydrogen-bond acceptors (Lipinski definition) is 7. The second kappa shape index (κ2) is 6.46. The first-order chi connectivity index (χ1) is 11.6. The molecule has 10 nitrogen and oxygen atoms in total. The van der Waals surface area contributed by atoms with E-state index in [9.17, 15) is 14.7 Å². The predicted molar refractivity (Wildman–Crippen MR) is 88.1 cm³/mol. The third-order valence-electron chi connectivity index (χ3n) is 3.39. The molecule has 0 fully saturated rings. The number of aliphatic hydroxyl groups excluding tert-OH is 1. The van der Waals surface area contributed by atoms with Crippen LogP contribution in [0.25, 0.3) is 11.2 Å². The summed E-state index contributed by atoms with van der Waals surface area (Å²) in [4.78, 5) is 34.2. The lowest BCUT2D eigenvalue weighted by atomic mass is 10.3. The third-order valence-corrected chi connectivity index (χ3v) is 3.39. The van der Waals surface area contributed by atoms with Gasteiger partial charge in [-0.05, 0) is 6.07 Å². The monoisotopic (exact) mass is 329 g/mol. The Kier molecular flexibility index (Phi) is 4.20. The Balaban J connectivity index is 2.04. The molecule has 0 aliphatic heterocycles. The topological polar surface area (TPSA) is 130 Å². The van der Waals surface area contributed by atoms with E-state index in [1.165, 1.54) is 16.2 Å². The van der Waals surface area contributed by atoms with Crippen molar-refractivity contribution < 1.29 is 5.11 Å². The second-order valence-electron chi connectivity index (χ2n) is 4.96. The fraction of sp³-hybridized carbons (Fsp3) is 0.214. The van der Waals surface area contributed by atoms with Crippen LogP contribution in [0.3, 0.4) is 0 Å². The number of aliphatic hydroxyl groups is 1. The smallest absolute Gasteiger partial charge is 0.329 e. The Morgan fingerprint density at radius 1 is 1.46 bits per heavy atom. The molecule has 10 heteroatoms. The van der Waals surface area contributed by atoms with Crippen molar-refractivity contribution in [2.24, 2.45) is 12.1 Å². The first kappa shape index (κ1) is 15.6. The number of imidazole rings is 1. The summed E-state index contributed by atoms with van der Waals surface area (Å²) < 4.78 is 2.69. The minimum Gasteiger partial charge on any atom is -0.395 e. The number of nitrogens with one attached hydrogen (secondary N) is 2. The maximum atomic E-state index is 12.1. The molecule has 0 saturated carbocycles. The van der Waals surface area contributed by atoms with Gasteiger partial charge in [-0.15, -0.1) is 0 Å². The number of hydrazone groups is 1. The fourth-order valence-electron chi connectivity index (χ4n) is 2.25. The fourth-order valence-corrected chi connectivity index (χ4v) is 2.25. The van der Waals surface area contributed by atoms with Gasteiger partial charge in [-0.25, -0.2) is 10.2 Å². The van der Waals surface area contributed by atoms with E-state index in [0.29, 0.717) is 0 Å². The molecule has 3 aromatic heterocycles. The largest absolute Gasteiger partial charge is 0.395 e. The van der Waals surface area contributed by atoms with Crippen LogP contribution in [0.2, 0.25) is 0 Å². The van der Waals surface area contributed by atoms with Gasteiger partial charge in [-0.1, -0.05) is 6.07 Å². The van der Waals surface area contributed by atoms with Crippen molar-refractivity contribution in [1.82, 2.24) is 24.1 Å². The number of aryl methyl sites for hydroxylation is 1. The van der Waals surface area contributed by atoms with Gasteiger partial charge >= 0.3 is 5.69 Å². The lowest BCUT2D eigenvalue weighted by Crippen LogP contribution is -2.29. The highest BCUT2D eigenvalue weighted by Crippen LogP contribution is 2.14. The standard InChI is InChI=1S/C14H15N7O3/c1-20-11-10(12(23)18-14(20)24)21(5-6-22)13(17-11)19-16-8-9-3-2-4-15-7-9/h2-4,7-8,22H,5-6H2,1H3,(H,17,19)(H,18,23,24)/b16-8+. The van der Waals surface area contributed by atoms with Gasteiger partial charge in [0.1, 0.15) is 0 Å². The second-order valence-corrected chi connectivity index (χ2v) is 4.96. The molecule has 3 rings (SSSR count). The molecule has 0 aliphatic rings. The number of hydrogen-bond donors (Lipinski definition) is 3. The van der Waals surface area contributed by atoms with Gasteiger partial charge < -0.3 is 9.67 Å². The predicted octanol–water partition coefficient (Wildman–Crippen LogP) is -0.743. The van der Waals surface area contributed by atoms with Crippen molar-refractivity contribution in [2.45, 2.75) is 6.54 Å². The molecule has 0 unspecified atom stereocenters. The average Bonchev–Trinajstić information content (AvgIpc) is 2.93. The molecule has 0 saturated heterocycles. The maximum Gasteiger partial charge on any atom is 0.329 e. The van der Waals surface area contributed by atoms with Crippen LogP contribution < -0.4 is 16.7 Å². The van der Waals surface area contributed by atoms with Crippen LogP contribution in [0.1, 0.15) is 5.56 Å². The number of rotatable bonds is 5. The van der Waals surface area contributed by atoms with Crippen LogP contribution >= 0.6 is 0 Å². The van der Waals surface area contributed by atoms with Crippen molar-refractivity contribution in [3.05, 3.63) is 50.9 Å². The molecule has 0 aromatic carbocycles. The zero-order valence-corrected chi connectivity index (χ0v) is 12.8. The van der Waals surface area contributed by atoms with E-state index in [1.54, 1.807) is 24.7 Å². The molecule has 0 bridgehead atoms. The van der Waals surface area contributed by atoms with Gasteiger partial charge in [0.05, 0.1) is 12.8 Å². The summed E-state index contributed by atoms with van der Waals surface area (Å²) in [6.07, 6.45) is 4.83. The maximum absolute atomic E-state index is 12.1. The van der Waals surface area contributed by atoms with E-state index in [4.69, 9.17) is 0 Å². The Labute approximate surface area is 135 Å². The number of H-pyrrole nitrogens is 1. The van der Waals surface area contributed by atoms with Crippen molar-refractivity contribution in [3.8, 4) is 0 Å². The van der Waals surface area contributed by atoms with Gasteiger partial charge in [0.25, 0.3) is 5.56 Å². The van der Waals surface area contributed by atoms with E-state index in [2.05, 4.69) is 25.5 Å². The Hall–Kier alpha value is -3.27. The number of pyridine rings is 1. The van der Waals surface area contributed by atoms with Gasteiger partial charge in [-0.2, -0.15) is 10.1 Å². The number of aromatic amines is 1. The van der Waals surface area contributed by atoms with Crippen LogP contribution in [-0.4, -0.2) is 42.0 Å². The molecule has 0 aliphatic carbocycles. The quantitative estimate of drug-likeness (QED) is 0.417. The SMILES string of the molecule is Cn1c(=O)[nH]c(=O)c2c1nc(N/N=C/c1cccnc1)n2CCO. The summed E-state index contributed by atoms with van der Waals surface area (Å²) >= 11 is 0. The van der Waals surface area contributed by atoms with Crippen molar-refractivity contribution in [2.75, 3.05) is 12.0 Å². The molecule has 3 aromatic rings. The first-order valence-corrected chi connectivity index (χ1v) is 7.11. The number of fused-ring (bicyclic) bond motifs is 1. The van der Waals surface area contributed by atoms with Gasteiger partial charge in [-0.3, -0.25) is 19.3 Å². The van der Waals surface area contributed by atoms with E-state index in [1.807, 2.05) is 6.07 Å².